The van der Waals surface area contributed by atoms with Crippen molar-refractivity contribution in [1.29, 1.82) is 0 Å². The number of aryl methyl sites for hydroxylation is 1. The minimum Gasteiger partial charge on any atom is -0.325 e. The van der Waals surface area contributed by atoms with Crippen LogP contribution in [-0.4, -0.2) is 58.3 Å². The monoisotopic (exact) mass is 340 g/mol. The quantitative estimate of drug-likeness (QED) is 0.730. The Bertz CT molecular complexity index is 868. The van der Waals surface area contributed by atoms with Gasteiger partial charge < -0.3 is 5.32 Å². The molecule has 23 heavy (non-hydrogen) atoms. The first kappa shape index (κ1) is 16.8. The lowest BCUT2D eigenvalue weighted by Gasteiger charge is -2.13. The van der Waals surface area contributed by atoms with E-state index in [4.69, 9.17) is 0 Å². The van der Waals surface area contributed by atoms with Gasteiger partial charge in [-0.1, -0.05) is 0 Å². The number of anilines is 1. The molecule has 0 atom stereocenters. The second-order valence-corrected chi connectivity index (χ2v) is 7.00. The molecule has 0 bridgehead atoms. The third-order valence-corrected chi connectivity index (χ3v) is 4.31. The molecule has 0 saturated heterocycles. The normalized spacial score (nSPS) is 11.7. The predicted molar refractivity (Wildman–Crippen MR) is 82.7 cm³/mol. The molecule has 0 fully saturated rings. The number of sulfonamides is 1. The average molecular weight is 340 g/mol. The Kier molecular flexibility index (Phi) is 4.61. The smallest absolute Gasteiger partial charge is 0.325 e. The summed E-state index contributed by atoms with van der Waals surface area (Å²) in [5, 5.41) is 9.87. The van der Waals surface area contributed by atoms with Crippen molar-refractivity contribution in [1.82, 2.24) is 24.1 Å². The van der Waals surface area contributed by atoms with Crippen molar-refractivity contribution in [3.05, 3.63) is 34.7 Å². The molecule has 0 aliphatic heterocycles. The van der Waals surface area contributed by atoms with Crippen LogP contribution in [0.15, 0.2) is 29.1 Å². The number of aromatic nitrogens is 4. The lowest BCUT2D eigenvalue weighted by atomic mass is 10.3. The number of rotatable bonds is 5. The topological polar surface area (TPSA) is 119 Å². The molecule has 0 aliphatic carbocycles. The van der Waals surface area contributed by atoms with Crippen molar-refractivity contribution >= 4 is 21.6 Å². The average Bonchev–Trinajstić information content (AvgIpc) is 2.79. The summed E-state index contributed by atoms with van der Waals surface area (Å²) in [6.45, 7) is -0.287. The van der Waals surface area contributed by atoms with Crippen molar-refractivity contribution in [2.24, 2.45) is 7.05 Å². The van der Waals surface area contributed by atoms with Crippen LogP contribution in [0.4, 0.5) is 5.69 Å². The summed E-state index contributed by atoms with van der Waals surface area (Å²) >= 11 is 0. The molecule has 0 saturated carbocycles. The molecule has 1 aromatic heterocycles. The number of carbonyl (C=O) groups excluding carboxylic acids is 1. The van der Waals surface area contributed by atoms with Crippen LogP contribution in [0.5, 0.6) is 0 Å². The molecule has 2 aromatic rings. The van der Waals surface area contributed by atoms with E-state index in [-0.39, 0.29) is 6.54 Å². The van der Waals surface area contributed by atoms with E-state index in [2.05, 4.69) is 15.7 Å². The van der Waals surface area contributed by atoms with Crippen molar-refractivity contribution in [3.63, 3.8) is 0 Å². The maximum absolute atomic E-state index is 11.8. The Morgan fingerprint density at radius 1 is 1.26 bits per heavy atom. The van der Waals surface area contributed by atoms with Gasteiger partial charge in [-0.15, -0.1) is 0 Å². The van der Waals surface area contributed by atoms with Crippen LogP contribution in [0, 0.1) is 0 Å². The van der Waals surface area contributed by atoms with Crippen molar-refractivity contribution in [2.45, 2.75) is 0 Å². The maximum atomic E-state index is 11.8. The standard InChI is InChI=1S/C12H16N6O4S/c1-16(23(3,21)22)8-11(19)13-9-4-6-10(7-5-9)18-12(20)17(2)14-15-18/h4-7H,8H2,1-3H3,(H,13,19). The largest absolute Gasteiger partial charge is 0.368 e. The summed E-state index contributed by atoms with van der Waals surface area (Å²) in [5.74, 6) is -0.470. The molecule has 0 spiro atoms. The number of tetrazole rings is 1. The first-order valence-electron chi connectivity index (χ1n) is 6.49. The molecule has 0 radical (unpaired) electrons. The minimum absolute atomic E-state index is 0.287. The van der Waals surface area contributed by atoms with Crippen molar-refractivity contribution < 1.29 is 13.2 Å². The Labute approximate surface area is 132 Å². The molecular formula is C12H16N6O4S. The number of nitrogens with one attached hydrogen (secondary N) is 1. The highest BCUT2D eigenvalue weighted by atomic mass is 32.2. The van der Waals surface area contributed by atoms with E-state index in [0.29, 0.717) is 11.4 Å². The van der Waals surface area contributed by atoms with E-state index in [1.54, 1.807) is 24.3 Å². The van der Waals surface area contributed by atoms with E-state index in [0.717, 1.165) is 19.9 Å². The third kappa shape index (κ3) is 4.02. The highest BCUT2D eigenvalue weighted by Crippen LogP contribution is 2.11. The first-order valence-corrected chi connectivity index (χ1v) is 8.34. The van der Waals surface area contributed by atoms with Gasteiger partial charge in [0.1, 0.15) is 0 Å². The van der Waals surface area contributed by atoms with Crippen LogP contribution in [-0.2, 0) is 21.9 Å². The number of benzene rings is 1. The van der Waals surface area contributed by atoms with E-state index >= 15 is 0 Å². The summed E-state index contributed by atoms with van der Waals surface area (Å²) in [4.78, 5) is 23.5. The molecule has 1 amide bonds. The third-order valence-electron chi connectivity index (χ3n) is 3.05. The van der Waals surface area contributed by atoms with Crippen LogP contribution < -0.4 is 11.0 Å². The molecule has 124 valence electrons. The predicted octanol–water partition coefficient (Wildman–Crippen LogP) is -1.20. The second-order valence-electron chi connectivity index (χ2n) is 4.91. The van der Waals surface area contributed by atoms with Crippen LogP contribution in [0.3, 0.4) is 0 Å². The zero-order chi connectivity index (χ0) is 17.2. The molecular weight excluding hydrogens is 324 g/mol. The SMILES string of the molecule is CN(CC(=O)Nc1ccc(-n2nnn(C)c2=O)cc1)S(C)(=O)=O. The molecule has 0 unspecified atom stereocenters. The zero-order valence-corrected chi connectivity index (χ0v) is 13.6. The lowest BCUT2D eigenvalue weighted by Crippen LogP contribution is -2.34. The van der Waals surface area contributed by atoms with E-state index < -0.39 is 21.6 Å². The Morgan fingerprint density at radius 3 is 2.35 bits per heavy atom. The van der Waals surface area contributed by atoms with E-state index in [1.165, 1.54) is 14.1 Å². The number of carbonyl (C=O) groups is 1. The molecule has 11 heteroatoms. The number of hydrogen-bond donors (Lipinski definition) is 1. The zero-order valence-electron chi connectivity index (χ0n) is 12.8. The van der Waals surface area contributed by atoms with Gasteiger partial charge >= 0.3 is 5.69 Å². The fourth-order valence-corrected chi connectivity index (χ4v) is 2.03. The van der Waals surface area contributed by atoms with Crippen molar-refractivity contribution in [2.75, 3.05) is 25.2 Å². The number of likely N-dealkylation sites (N-methyl/N-ethyl adjacent to an activating group) is 1. The number of hydrogen-bond acceptors (Lipinski definition) is 6. The summed E-state index contributed by atoms with van der Waals surface area (Å²) in [6.07, 6.45) is 1.02. The van der Waals surface area contributed by atoms with E-state index in [9.17, 15) is 18.0 Å². The Hall–Kier alpha value is -2.53. The van der Waals surface area contributed by atoms with Gasteiger partial charge in [0.05, 0.1) is 18.5 Å². The molecule has 10 nitrogen and oxygen atoms in total. The van der Waals surface area contributed by atoms with Gasteiger partial charge in [0.2, 0.25) is 15.9 Å². The second kappa shape index (κ2) is 6.30. The maximum Gasteiger partial charge on any atom is 0.368 e. The summed E-state index contributed by atoms with van der Waals surface area (Å²) in [5.41, 5.74) is 0.573. The molecule has 1 aromatic carbocycles. The molecule has 2 rings (SSSR count). The van der Waals surface area contributed by atoms with Crippen LogP contribution >= 0.6 is 0 Å². The van der Waals surface area contributed by atoms with Gasteiger partial charge in [0.25, 0.3) is 0 Å². The number of amides is 1. The van der Waals surface area contributed by atoms with Crippen LogP contribution in [0.2, 0.25) is 0 Å². The van der Waals surface area contributed by atoms with Crippen LogP contribution in [0.1, 0.15) is 0 Å². The van der Waals surface area contributed by atoms with Gasteiger partial charge in [0, 0.05) is 19.8 Å². The highest BCUT2D eigenvalue weighted by molar-refractivity contribution is 7.88. The van der Waals surface area contributed by atoms with Gasteiger partial charge in [0.15, 0.2) is 0 Å². The van der Waals surface area contributed by atoms with E-state index in [1.807, 2.05) is 0 Å². The number of nitrogens with zero attached hydrogens (tertiary/aromatic N) is 5. The Balaban J connectivity index is 2.07. The van der Waals surface area contributed by atoms with Gasteiger partial charge in [-0.2, -0.15) is 13.7 Å². The van der Waals surface area contributed by atoms with Gasteiger partial charge in [-0.3, -0.25) is 4.79 Å². The summed E-state index contributed by atoms with van der Waals surface area (Å²) in [6, 6.07) is 6.33. The van der Waals surface area contributed by atoms with Crippen molar-refractivity contribution in [3.8, 4) is 5.69 Å². The minimum atomic E-state index is -3.42. The lowest BCUT2D eigenvalue weighted by molar-refractivity contribution is -0.116. The summed E-state index contributed by atoms with van der Waals surface area (Å²) in [7, 11) is -0.616. The Morgan fingerprint density at radius 2 is 1.87 bits per heavy atom. The van der Waals surface area contributed by atoms with Gasteiger partial charge in [-0.05, 0) is 34.7 Å². The molecule has 1 N–H and O–H groups in total. The fourth-order valence-electron chi connectivity index (χ4n) is 1.68. The molecule has 0 aliphatic rings. The van der Waals surface area contributed by atoms with Gasteiger partial charge in [-0.25, -0.2) is 13.2 Å². The highest BCUT2D eigenvalue weighted by Gasteiger charge is 2.15. The van der Waals surface area contributed by atoms with Crippen LogP contribution in [0.25, 0.3) is 5.69 Å². The summed E-state index contributed by atoms with van der Waals surface area (Å²) < 4.78 is 25.7. The molecule has 1 heterocycles. The fraction of sp³-hybridized carbons (Fsp3) is 0.333. The first-order chi connectivity index (χ1) is 10.7.